The van der Waals surface area contributed by atoms with Crippen LogP contribution in [0, 0.1) is 5.41 Å². The summed E-state index contributed by atoms with van der Waals surface area (Å²) in [4.78, 5) is 22.5. The lowest BCUT2D eigenvalue weighted by molar-refractivity contribution is -0.147. The molecule has 1 aliphatic heterocycles. The molecule has 1 atom stereocenters. The van der Waals surface area contributed by atoms with Crippen LogP contribution in [0.1, 0.15) is 37.4 Å². The first-order valence-electron chi connectivity index (χ1n) is 6.32. The van der Waals surface area contributed by atoms with Crippen LogP contribution in [0.25, 0.3) is 0 Å². The molecule has 1 aromatic rings. The van der Waals surface area contributed by atoms with Crippen molar-refractivity contribution in [3.63, 3.8) is 0 Å². The number of carbonyl (C=O) groups is 2. The van der Waals surface area contributed by atoms with Crippen molar-refractivity contribution in [2.45, 2.75) is 32.7 Å². The number of hydrogen-bond acceptors (Lipinski definition) is 3. The van der Waals surface area contributed by atoms with Gasteiger partial charge in [-0.15, -0.1) is 0 Å². The van der Waals surface area contributed by atoms with Gasteiger partial charge < -0.3 is 16.2 Å². The molecule has 1 amide bonds. The second kappa shape index (κ2) is 5.07. The number of rotatable bonds is 4. The molecule has 5 nitrogen and oxygen atoms in total. The molecule has 108 valence electrons. The maximum Gasteiger partial charge on any atom is 0.309 e. The standard InChI is InChI=1S/C14H17ClN2O3/c1-14(2,13(19)20)6-10(16)8-3-7-4-12(18)17-11(7)5-9(8)15/h3,5,10H,4,6,16H2,1-2H3,(H,17,18)(H,19,20). The SMILES string of the molecule is CC(C)(CC(N)c1cc2c(cc1Cl)NC(=O)C2)C(=O)O. The van der Waals surface area contributed by atoms with Gasteiger partial charge in [-0.25, -0.2) is 0 Å². The minimum atomic E-state index is -0.935. The van der Waals surface area contributed by atoms with E-state index in [0.29, 0.717) is 22.7 Å². The number of aliphatic carboxylic acids is 1. The van der Waals surface area contributed by atoms with E-state index in [2.05, 4.69) is 5.32 Å². The van der Waals surface area contributed by atoms with Crippen LogP contribution in [-0.4, -0.2) is 17.0 Å². The van der Waals surface area contributed by atoms with Crippen molar-refractivity contribution >= 4 is 29.2 Å². The molecule has 6 heteroatoms. The topological polar surface area (TPSA) is 92.4 Å². The van der Waals surface area contributed by atoms with Crippen molar-refractivity contribution in [2.75, 3.05) is 5.32 Å². The van der Waals surface area contributed by atoms with E-state index in [9.17, 15) is 9.59 Å². The molecule has 20 heavy (non-hydrogen) atoms. The Morgan fingerprint density at radius 3 is 2.80 bits per heavy atom. The Kier molecular flexibility index (Phi) is 3.75. The number of fused-ring (bicyclic) bond motifs is 1. The molecular weight excluding hydrogens is 280 g/mol. The Labute approximate surface area is 122 Å². The molecule has 1 heterocycles. The Morgan fingerprint density at radius 2 is 2.20 bits per heavy atom. The monoisotopic (exact) mass is 296 g/mol. The molecule has 1 aliphatic rings. The highest BCUT2D eigenvalue weighted by molar-refractivity contribution is 6.32. The zero-order valence-corrected chi connectivity index (χ0v) is 12.1. The third-order valence-corrected chi connectivity index (χ3v) is 3.88. The number of nitrogens with one attached hydrogen (secondary N) is 1. The molecule has 1 aromatic carbocycles. The molecule has 0 aromatic heterocycles. The van der Waals surface area contributed by atoms with Crippen LogP contribution in [0.4, 0.5) is 5.69 Å². The molecule has 0 radical (unpaired) electrons. The third kappa shape index (κ3) is 2.78. The number of carboxylic acids is 1. The van der Waals surface area contributed by atoms with E-state index in [-0.39, 0.29) is 12.3 Å². The first-order valence-corrected chi connectivity index (χ1v) is 6.69. The van der Waals surface area contributed by atoms with Crippen molar-refractivity contribution in [3.05, 3.63) is 28.3 Å². The normalized spacial score (nSPS) is 15.7. The Balaban J connectivity index is 2.28. The number of amides is 1. The predicted molar refractivity (Wildman–Crippen MR) is 76.7 cm³/mol. The Bertz CT molecular complexity index is 584. The van der Waals surface area contributed by atoms with E-state index in [1.54, 1.807) is 26.0 Å². The van der Waals surface area contributed by atoms with Crippen LogP contribution in [0.5, 0.6) is 0 Å². The van der Waals surface area contributed by atoms with Crippen molar-refractivity contribution in [2.24, 2.45) is 11.1 Å². The number of carboxylic acid groups (broad SMARTS) is 1. The summed E-state index contributed by atoms with van der Waals surface area (Å²) in [5.41, 5.74) is 7.39. The summed E-state index contributed by atoms with van der Waals surface area (Å²) < 4.78 is 0. The van der Waals surface area contributed by atoms with Gasteiger partial charge in [0.25, 0.3) is 0 Å². The second-order valence-corrected chi connectivity index (χ2v) is 6.16. The molecule has 2 rings (SSSR count). The first-order chi connectivity index (χ1) is 9.20. The maximum atomic E-state index is 11.3. The van der Waals surface area contributed by atoms with Gasteiger partial charge in [-0.05, 0) is 37.5 Å². The van der Waals surface area contributed by atoms with Crippen LogP contribution < -0.4 is 11.1 Å². The van der Waals surface area contributed by atoms with Crippen molar-refractivity contribution in [3.8, 4) is 0 Å². The van der Waals surface area contributed by atoms with E-state index >= 15 is 0 Å². The van der Waals surface area contributed by atoms with Crippen molar-refractivity contribution in [1.82, 2.24) is 0 Å². The first kappa shape index (κ1) is 14.8. The summed E-state index contributed by atoms with van der Waals surface area (Å²) in [6.45, 7) is 3.25. The lowest BCUT2D eigenvalue weighted by Crippen LogP contribution is -2.29. The lowest BCUT2D eigenvalue weighted by atomic mass is 9.83. The quantitative estimate of drug-likeness (QED) is 0.795. The highest BCUT2D eigenvalue weighted by Gasteiger charge is 2.31. The van der Waals surface area contributed by atoms with Gasteiger partial charge in [-0.2, -0.15) is 0 Å². The molecule has 1 unspecified atom stereocenters. The van der Waals surface area contributed by atoms with Crippen molar-refractivity contribution < 1.29 is 14.7 Å². The van der Waals surface area contributed by atoms with E-state index in [0.717, 1.165) is 5.56 Å². The molecule has 0 bridgehead atoms. The smallest absolute Gasteiger partial charge is 0.309 e. The van der Waals surface area contributed by atoms with Gasteiger partial charge in [-0.1, -0.05) is 17.7 Å². The molecule has 0 aliphatic carbocycles. The van der Waals surface area contributed by atoms with Crippen LogP contribution in [0.3, 0.4) is 0 Å². The number of carbonyl (C=O) groups excluding carboxylic acids is 1. The van der Waals surface area contributed by atoms with Gasteiger partial charge in [0, 0.05) is 16.8 Å². The second-order valence-electron chi connectivity index (χ2n) is 5.76. The third-order valence-electron chi connectivity index (χ3n) is 3.56. The van der Waals surface area contributed by atoms with E-state index < -0.39 is 17.4 Å². The van der Waals surface area contributed by atoms with Crippen LogP contribution >= 0.6 is 11.6 Å². The summed E-state index contributed by atoms with van der Waals surface area (Å²) in [7, 11) is 0. The molecule has 0 fully saturated rings. The minimum Gasteiger partial charge on any atom is -0.481 e. The zero-order valence-electron chi connectivity index (χ0n) is 11.4. The Morgan fingerprint density at radius 1 is 1.55 bits per heavy atom. The number of benzene rings is 1. The van der Waals surface area contributed by atoms with Crippen LogP contribution in [-0.2, 0) is 16.0 Å². The average molecular weight is 297 g/mol. The number of hydrogen-bond donors (Lipinski definition) is 3. The number of nitrogens with two attached hydrogens (primary N) is 1. The van der Waals surface area contributed by atoms with Gasteiger partial charge >= 0.3 is 5.97 Å². The van der Waals surface area contributed by atoms with E-state index in [4.69, 9.17) is 22.4 Å². The van der Waals surface area contributed by atoms with Gasteiger partial charge in [0.15, 0.2) is 0 Å². The van der Waals surface area contributed by atoms with Crippen molar-refractivity contribution in [1.29, 1.82) is 0 Å². The highest BCUT2D eigenvalue weighted by Crippen LogP contribution is 2.36. The highest BCUT2D eigenvalue weighted by atomic mass is 35.5. The number of halogens is 1. The summed E-state index contributed by atoms with van der Waals surface area (Å²) in [5.74, 6) is -0.977. The van der Waals surface area contributed by atoms with Gasteiger partial charge in [-0.3, -0.25) is 9.59 Å². The lowest BCUT2D eigenvalue weighted by Gasteiger charge is -2.24. The fraction of sp³-hybridized carbons (Fsp3) is 0.429. The van der Waals surface area contributed by atoms with E-state index in [1.165, 1.54) is 0 Å². The summed E-state index contributed by atoms with van der Waals surface area (Å²) in [6, 6.07) is 2.97. The van der Waals surface area contributed by atoms with Crippen LogP contribution in [0.15, 0.2) is 12.1 Å². The summed E-state index contributed by atoms with van der Waals surface area (Å²) >= 11 is 6.18. The Hall–Kier alpha value is -1.59. The molecule has 4 N–H and O–H groups in total. The van der Waals surface area contributed by atoms with Gasteiger partial charge in [0.1, 0.15) is 0 Å². The number of anilines is 1. The predicted octanol–water partition coefficient (Wildman–Crippen LogP) is 2.34. The van der Waals surface area contributed by atoms with Gasteiger partial charge in [0.05, 0.1) is 11.8 Å². The molecule has 0 spiro atoms. The minimum absolute atomic E-state index is 0.0762. The fourth-order valence-corrected chi connectivity index (χ4v) is 2.60. The maximum absolute atomic E-state index is 11.3. The average Bonchev–Trinajstić information content (AvgIpc) is 2.66. The summed E-state index contributed by atoms with van der Waals surface area (Å²) in [6.07, 6.45) is 0.566. The largest absolute Gasteiger partial charge is 0.481 e. The molecule has 0 saturated carbocycles. The molecule has 0 saturated heterocycles. The zero-order chi connectivity index (χ0) is 15.1. The molecular formula is C14H17ClN2O3. The van der Waals surface area contributed by atoms with Crippen LogP contribution in [0.2, 0.25) is 5.02 Å². The summed E-state index contributed by atoms with van der Waals surface area (Å²) in [5, 5.41) is 12.3. The fourth-order valence-electron chi connectivity index (χ4n) is 2.30. The van der Waals surface area contributed by atoms with E-state index in [1.807, 2.05) is 0 Å². The van der Waals surface area contributed by atoms with Gasteiger partial charge in [0.2, 0.25) is 5.91 Å².